The van der Waals surface area contributed by atoms with Crippen LogP contribution < -0.4 is 5.32 Å². The van der Waals surface area contributed by atoms with E-state index >= 15 is 0 Å². The summed E-state index contributed by atoms with van der Waals surface area (Å²) >= 11 is 0. The van der Waals surface area contributed by atoms with Gasteiger partial charge >= 0.3 is 0 Å². The van der Waals surface area contributed by atoms with Crippen LogP contribution in [0.1, 0.15) is 19.8 Å². The highest BCUT2D eigenvalue weighted by molar-refractivity contribution is 5.89. The van der Waals surface area contributed by atoms with Crippen molar-refractivity contribution < 1.29 is 4.79 Å². The summed E-state index contributed by atoms with van der Waals surface area (Å²) in [6, 6.07) is 0. The molecule has 0 bridgehead atoms. The number of nitrogens with one attached hydrogen (secondary N) is 1. The summed E-state index contributed by atoms with van der Waals surface area (Å²) in [6.07, 6.45) is 5.99. The van der Waals surface area contributed by atoms with Crippen molar-refractivity contribution in [1.29, 1.82) is 0 Å². The summed E-state index contributed by atoms with van der Waals surface area (Å²) in [6.45, 7) is 1.95. The lowest BCUT2D eigenvalue weighted by molar-refractivity contribution is -0.116. The number of carbonyl (C=O) groups excluding carboxylic acids is 1. The lowest BCUT2D eigenvalue weighted by atomic mass is 10.3. The van der Waals surface area contributed by atoms with Gasteiger partial charge in [0.25, 0.3) is 0 Å². The van der Waals surface area contributed by atoms with Gasteiger partial charge in [-0.15, -0.1) is 0 Å². The number of amides is 1. The quantitative estimate of drug-likeness (QED) is 0.732. The van der Waals surface area contributed by atoms with Crippen molar-refractivity contribution in [3.63, 3.8) is 0 Å². The van der Waals surface area contributed by atoms with Crippen LogP contribution in [0.3, 0.4) is 0 Å². The maximum Gasteiger partial charge on any atom is 0.225 e. The molecule has 0 radical (unpaired) electrons. The van der Waals surface area contributed by atoms with Crippen molar-refractivity contribution >= 4 is 11.7 Å². The molecule has 4 nitrogen and oxygen atoms in total. The Bertz CT molecular complexity index is 248. The molecule has 1 aromatic heterocycles. The van der Waals surface area contributed by atoms with E-state index < -0.39 is 0 Å². The molecule has 0 atom stereocenters. The van der Waals surface area contributed by atoms with Crippen LogP contribution in [0, 0.1) is 0 Å². The highest BCUT2D eigenvalue weighted by atomic mass is 16.1. The smallest absolute Gasteiger partial charge is 0.225 e. The number of carbonyl (C=O) groups is 1. The second-order valence-corrected chi connectivity index (χ2v) is 2.39. The molecule has 1 N–H and O–H groups in total. The highest BCUT2D eigenvalue weighted by Gasteiger charge is 1.99. The average Bonchev–Trinajstić information content (AvgIpc) is 2.06. The first kappa shape index (κ1) is 8.64. The summed E-state index contributed by atoms with van der Waals surface area (Å²) in [5.74, 6) is 0.494. The second kappa shape index (κ2) is 4.43. The van der Waals surface area contributed by atoms with Crippen molar-refractivity contribution in [2.24, 2.45) is 0 Å². The average molecular weight is 165 g/mol. The van der Waals surface area contributed by atoms with E-state index in [2.05, 4.69) is 15.3 Å². The standard InChI is InChI=1S/C8H11N3O/c1-2-3-8(12)11-7-6-9-4-5-10-7/h4-6H,2-3H2,1H3,(H,10,11,12). The number of rotatable bonds is 3. The molecular formula is C8H11N3O. The summed E-state index contributed by atoms with van der Waals surface area (Å²) < 4.78 is 0. The normalized spacial score (nSPS) is 9.42. The maximum absolute atomic E-state index is 11.0. The third-order valence-corrected chi connectivity index (χ3v) is 1.31. The number of hydrogen-bond donors (Lipinski definition) is 1. The van der Waals surface area contributed by atoms with Crippen LogP contribution in [0.5, 0.6) is 0 Å². The van der Waals surface area contributed by atoms with Gasteiger partial charge in [0.2, 0.25) is 5.91 Å². The van der Waals surface area contributed by atoms with Crippen molar-refractivity contribution in [2.45, 2.75) is 19.8 Å². The van der Waals surface area contributed by atoms with Crippen LogP contribution in [0.15, 0.2) is 18.6 Å². The van der Waals surface area contributed by atoms with Crippen molar-refractivity contribution in [1.82, 2.24) is 9.97 Å². The number of hydrogen-bond acceptors (Lipinski definition) is 3. The monoisotopic (exact) mass is 165 g/mol. The Labute approximate surface area is 71.0 Å². The van der Waals surface area contributed by atoms with Crippen LogP contribution in [0.25, 0.3) is 0 Å². The van der Waals surface area contributed by atoms with E-state index in [9.17, 15) is 4.79 Å². The fourth-order valence-corrected chi connectivity index (χ4v) is 0.796. The third-order valence-electron chi connectivity index (χ3n) is 1.31. The van der Waals surface area contributed by atoms with Gasteiger partial charge in [-0.05, 0) is 6.42 Å². The zero-order valence-electron chi connectivity index (χ0n) is 6.95. The number of aromatic nitrogens is 2. The van der Waals surface area contributed by atoms with Crippen molar-refractivity contribution in [3.8, 4) is 0 Å². The molecule has 4 heteroatoms. The van der Waals surface area contributed by atoms with Gasteiger partial charge in [-0.3, -0.25) is 9.78 Å². The van der Waals surface area contributed by atoms with Crippen LogP contribution >= 0.6 is 0 Å². The first-order chi connectivity index (χ1) is 5.83. The van der Waals surface area contributed by atoms with Gasteiger partial charge in [0.1, 0.15) is 0 Å². The lowest BCUT2D eigenvalue weighted by Gasteiger charge is -2.00. The van der Waals surface area contributed by atoms with Crippen LogP contribution in [-0.4, -0.2) is 15.9 Å². The van der Waals surface area contributed by atoms with E-state index in [4.69, 9.17) is 0 Å². The summed E-state index contributed by atoms with van der Waals surface area (Å²) in [5, 5.41) is 2.63. The fraction of sp³-hybridized carbons (Fsp3) is 0.375. The maximum atomic E-state index is 11.0. The first-order valence-electron chi connectivity index (χ1n) is 3.88. The zero-order valence-corrected chi connectivity index (χ0v) is 6.95. The molecule has 0 unspecified atom stereocenters. The van der Waals surface area contributed by atoms with Gasteiger partial charge < -0.3 is 5.32 Å². The molecule has 64 valence electrons. The predicted octanol–water partition coefficient (Wildman–Crippen LogP) is 1.22. The van der Waals surface area contributed by atoms with Crippen LogP contribution in [0.2, 0.25) is 0 Å². The minimum absolute atomic E-state index is 0.0157. The molecule has 1 amide bonds. The number of anilines is 1. The summed E-state index contributed by atoms with van der Waals surface area (Å²) in [7, 11) is 0. The lowest BCUT2D eigenvalue weighted by Crippen LogP contribution is -2.11. The second-order valence-electron chi connectivity index (χ2n) is 2.39. The van der Waals surface area contributed by atoms with E-state index in [1.807, 2.05) is 6.92 Å². The van der Waals surface area contributed by atoms with Crippen molar-refractivity contribution in [2.75, 3.05) is 5.32 Å². The molecule has 0 saturated carbocycles. The predicted molar refractivity (Wildman–Crippen MR) is 45.6 cm³/mol. The Kier molecular flexibility index (Phi) is 3.19. The highest BCUT2D eigenvalue weighted by Crippen LogP contribution is 1.98. The van der Waals surface area contributed by atoms with Gasteiger partial charge in [-0.2, -0.15) is 0 Å². The van der Waals surface area contributed by atoms with Gasteiger partial charge in [-0.1, -0.05) is 6.92 Å². The Balaban J connectivity index is 2.47. The molecule has 0 aliphatic carbocycles. The van der Waals surface area contributed by atoms with Crippen LogP contribution in [0.4, 0.5) is 5.82 Å². The fourth-order valence-electron chi connectivity index (χ4n) is 0.796. The van der Waals surface area contributed by atoms with Crippen molar-refractivity contribution in [3.05, 3.63) is 18.6 Å². The SMILES string of the molecule is CCCC(=O)Nc1cnccn1. The Morgan fingerprint density at radius 3 is 3.00 bits per heavy atom. The van der Waals surface area contributed by atoms with E-state index in [1.54, 1.807) is 12.4 Å². The molecule has 0 saturated heterocycles. The topological polar surface area (TPSA) is 54.9 Å². The molecule has 0 aromatic carbocycles. The molecule has 0 aliphatic heterocycles. The molecular weight excluding hydrogens is 154 g/mol. The Morgan fingerprint density at radius 2 is 2.42 bits per heavy atom. The molecule has 1 rings (SSSR count). The molecule has 0 aliphatic rings. The molecule has 1 aromatic rings. The first-order valence-corrected chi connectivity index (χ1v) is 3.88. The van der Waals surface area contributed by atoms with E-state index in [0.717, 1.165) is 6.42 Å². The Morgan fingerprint density at radius 1 is 1.58 bits per heavy atom. The van der Waals surface area contributed by atoms with Gasteiger partial charge in [-0.25, -0.2) is 4.98 Å². The van der Waals surface area contributed by atoms with E-state index in [-0.39, 0.29) is 5.91 Å². The molecule has 0 fully saturated rings. The van der Waals surface area contributed by atoms with Gasteiger partial charge in [0, 0.05) is 18.8 Å². The third kappa shape index (κ3) is 2.65. The van der Waals surface area contributed by atoms with E-state index in [0.29, 0.717) is 12.2 Å². The number of nitrogens with zero attached hydrogens (tertiary/aromatic N) is 2. The van der Waals surface area contributed by atoms with Gasteiger partial charge in [0.05, 0.1) is 6.20 Å². The largest absolute Gasteiger partial charge is 0.309 e. The minimum atomic E-state index is -0.0157. The molecule has 0 spiro atoms. The van der Waals surface area contributed by atoms with E-state index in [1.165, 1.54) is 6.20 Å². The zero-order chi connectivity index (χ0) is 8.81. The summed E-state index contributed by atoms with van der Waals surface area (Å²) in [5.41, 5.74) is 0. The molecule has 1 heterocycles. The van der Waals surface area contributed by atoms with Gasteiger partial charge in [0.15, 0.2) is 5.82 Å². The van der Waals surface area contributed by atoms with Crippen LogP contribution in [-0.2, 0) is 4.79 Å². The Hall–Kier alpha value is -1.45. The summed E-state index contributed by atoms with van der Waals surface area (Å²) in [4.78, 5) is 18.8. The minimum Gasteiger partial charge on any atom is -0.309 e. The molecule has 12 heavy (non-hydrogen) atoms.